The number of para-hydroxylation sites is 1. The number of nitrogens with zero attached hydrogens (tertiary/aromatic N) is 2. The predicted octanol–water partition coefficient (Wildman–Crippen LogP) is 4.52. The van der Waals surface area contributed by atoms with E-state index in [2.05, 4.69) is 5.10 Å². The number of ether oxygens (including phenoxy) is 2. The SMILES string of the molecule is CCOC(=O)Cc1ccccc1OCc1cc(-c2cccc(CN)c2F)c2cnn(C)c2c1. The summed E-state index contributed by atoms with van der Waals surface area (Å²) in [7, 11) is 1.85. The molecule has 0 amide bonds. The van der Waals surface area contributed by atoms with Gasteiger partial charge in [-0.3, -0.25) is 9.48 Å². The molecule has 0 atom stereocenters. The summed E-state index contributed by atoms with van der Waals surface area (Å²) in [6.07, 6.45) is 1.87. The van der Waals surface area contributed by atoms with Crippen molar-refractivity contribution in [2.24, 2.45) is 12.8 Å². The molecule has 0 saturated heterocycles. The zero-order chi connectivity index (χ0) is 23.4. The molecule has 0 aliphatic rings. The number of aromatic nitrogens is 2. The Morgan fingerprint density at radius 2 is 1.88 bits per heavy atom. The van der Waals surface area contributed by atoms with Crippen molar-refractivity contribution in [3.63, 3.8) is 0 Å². The second-order valence-electron chi connectivity index (χ2n) is 7.71. The van der Waals surface area contributed by atoms with Gasteiger partial charge in [-0.2, -0.15) is 5.10 Å². The molecule has 0 spiro atoms. The molecule has 1 aromatic heterocycles. The maximum absolute atomic E-state index is 15.1. The van der Waals surface area contributed by atoms with Gasteiger partial charge >= 0.3 is 5.97 Å². The largest absolute Gasteiger partial charge is 0.489 e. The number of benzene rings is 3. The number of fused-ring (bicyclic) bond motifs is 1. The predicted molar refractivity (Wildman–Crippen MR) is 125 cm³/mol. The highest BCUT2D eigenvalue weighted by atomic mass is 19.1. The van der Waals surface area contributed by atoms with Crippen molar-refractivity contribution < 1.29 is 18.7 Å². The summed E-state index contributed by atoms with van der Waals surface area (Å²) in [6.45, 7) is 2.47. The van der Waals surface area contributed by atoms with Gasteiger partial charge < -0.3 is 15.2 Å². The first-order valence-corrected chi connectivity index (χ1v) is 10.8. The Morgan fingerprint density at radius 1 is 1.09 bits per heavy atom. The summed E-state index contributed by atoms with van der Waals surface area (Å²) in [4.78, 5) is 11.9. The van der Waals surface area contributed by atoms with Gasteiger partial charge in [-0.25, -0.2) is 4.39 Å². The summed E-state index contributed by atoms with van der Waals surface area (Å²) >= 11 is 0. The molecule has 0 radical (unpaired) electrons. The number of carbonyl (C=O) groups excluding carboxylic acids is 1. The van der Waals surface area contributed by atoms with E-state index < -0.39 is 0 Å². The lowest BCUT2D eigenvalue weighted by Gasteiger charge is -2.14. The van der Waals surface area contributed by atoms with Crippen molar-refractivity contribution in [2.45, 2.75) is 26.5 Å². The highest BCUT2D eigenvalue weighted by molar-refractivity contribution is 5.95. The fourth-order valence-corrected chi connectivity index (χ4v) is 3.88. The fraction of sp³-hybridized carbons (Fsp3) is 0.231. The van der Waals surface area contributed by atoms with Crippen molar-refractivity contribution in [2.75, 3.05) is 6.61 Å². The maximum Gasteiger partial charge on any atom is 0.310 e. The average molecular weight is 448 g/mol. The van der Waals surface area contributed by atoms with Crippen molar-refractivity contribution in [3.05, 3.63) is 83.3 Å². The number of nitrogens with two attached hydrogens (primary N) is 1. The summed E-state index contributed by atoms with van der Waals surface area (Å²) < 4.78 is 28.0. The third kappa shape index (κ3) is 4.73. The lowest BCUT2D eigenvalue weighted by atomic mass is 9.97. The highest BCUT2D eigenvalue weighted by Gasteiger charge is 2.16. The molecule has 0 saturated carbocycles. The van der Waals surface area contributed by atoms with Crippen LogP contribution >= 0.6 is 0 Å². The van der Waals surface area contributed by atoms with Crippen LogP contribution in [-0.2, 0) is 36.2 Å². The maximum atomic E-state index is 15.1. The molecule has 7 heteroatoms. The Morgan fingerprint density at radius 3 is 2.67 bits per heavy atom. The van der Waals surface area contributed by atoms with Gasteiger partial charge in [-0.15, -0.1) is 0 Å². The van der Waals surface area contributed by atoms with E-state index in [0.717, 1.165) is 27.6 Å². The molecule has 3 aromatic carbocycles. The second kappa shape index (κ2) is 9.83. The van der Waals surface area contributed by atoms with Gasteiger partial charge in [-0.05, 0) is 36.2 Å². The number of aryl methyl sites for hydroxylation is 1. The fourth-order valence-electron chi connectivity index (χ4n) is 3.88. The highest BCUT2D eigenvalue weighted by Crippen LogP contribution is 2.33. The van der Waals surface area contributed by atoms with E-state index >= 15 is 4.39 Å². The number of hydrogen-bond acceptors (Lipinski definition) is 5. The number of hydrogen-bond donors (Lipinski definition) is 1. The Balaban J connectivity index is 1.68. The molecular formula is C26H26FN3O3. The molecule has 6 nitrogen and oxygen atoms in total. The smallest absolute Gasteiger partial charge is 0.310 e. The van der Waals surface area contributed by atoms with Crippen LogP contribution in [0.15, 0.2) is 60.8 Å². The summed E-state index contributed by atoms with van der Waals surface area (Å²) in [5.74, 6) is -0.0288. The minimum Gasteiger partial charge on any atom is -0.489 e. The van der Waals surface area contributed by atoms with Crippen molar-refractivity contribution >= 4 is 16.9 Å². The number of rotatable bonds is 8. The van der Waals surface area contributed by atoms with Gasteiger partial charge in [0.2, 0.25) is 0 Å². The summed E-state index contributed by atoms with van der Waals surface area (Å²) in [5, 5.41) is 5.20. The average Bonchev–Trinajstić information content (AvgIpc) is 3.19. The van der Waals surface area contributed by atoms with Gasteiger partial charge in [0.25, 0.3) is 0 Å². The number of carbonyl (C=O) groups is 1. The van der Waals surface area contributed by atoms with Crippen molar-refractivity contribution in [1.29, 1.82) is 0 Å². The standard InChI is InChI=1S/C26H26FN3O3/c1-3-32-25(31)13-18-7-4-5-10-24(18)33-16-17-11-21(22-15-29-30(2)23(22)12-17)20-9-6-8-19(14-28)26(20)27/h4-12,15H,3,13-14,16,28H2,1-2H3. The number of halogens is 1. The van der Waals surface area contributed by atoms with E-state index in [1.54, 1.807) is 36.0 Å². The van der Waals surface area contributed by atoms with Gasteiger partial charge in [0.15, 0.2) is 0 Å². The van der Waals surface area contributed by atoms with E-state index in [1.807, 2.05) is 43.4 Å². The zero-order valence-corrected chi connectivity index (χ0v) is 18.7. The van der Waals surface area contributed by atoms with Gasteiger partial charge in [-0.1, -0.05) is 36.4 Å². The van der Waals surface area contributed by atoms with Crippen LogP contribution in [0.1, 0.15) is 23.6 Å². The Hall–Kier alpha value is -3.71. The molecule has 1 heterocycles. The minimum atomic E-state index is -0.331. The van der Waals surface area contributed by atoms with Crippen LogP contribution < -0.4 is 10.5 Å². The zero-order valence-electron chi connectivity index (χ0n) is 18.7. The molecule has 2 N–H and O–H groups in total. The van der Waals surface area contributed by atoms with E-state index in [0.29, 0.717) is 23.5 Å². The Labute approximate surface area is 191 Å². The van der Waals surface area contributed by atoms with E-state index in [1.165, 1.54) is 0 Å². The van der Waals surface area contributed by atoms with Crippen LogP contribution in [0, 0.1) is 5.82 Å². The second-order valence-corrected chi connectivity index (χ2v) is 7.71. The first-order valence-electron chi connectivity index (χ1n) is 10.8. The monoisotopic (exact) mass is 447 g/mol. The van der Waals surface area contributed by atoms with Gasteiger partial charge in [0, 0.05) is 35.7 Å². The topological polar surface area (TPSA) is 79.4 Å². The lowest BCUT2D eigenvalue weighted by Crippen LogP contribution is -2.09. The van der Waals surface area contributed by atoms with Gasteiger partial charge in [0.1, 0.15) is 18.2 Å². The molecule has 33 heavy (non-hydrogen) atoms. The molecule has 0 aliphatic heterocycles. The summed E-state index contributed by atoms with van der Waals surface area (Å²) in [5.41, 5.74) is 9.84. The van der Waals surface area contributed by atoms with Crippen LogP contribution in [0.3, 0.4) is 0 Å². The van der Waals surface area contributed by atoms with E-state index in [4.69, 9.17) is 15.2 Å². The van der Waals surface area contributed by atoms with Crippen LogP contribution in [0.4, 0.5) is 4.39 Å². The Bertz CT molecular complexity index is 1300. The van der Waals surface area contributed by atoms with Crippen LogP contribution in [0.25, 0.3) is 22.0 Å². The quantitative estimate of drug-likeness (QED) is 0.402. The lowest BCUT2D eigenvalue weighted by molar-refractivity contribution is -0.142. The van der Waals surface area contributed by atoms with E-state index in [-0.39, 0.29) is 31.4 Å². The molecule has 0 unspecified atom stereocenters. The van der Waals surface area contributed by atoms with Crippen molar-refractivity contribution in [3.8, 4) is 16.9 Å². The molecule has 4 aromatic rings. The molecule has 0 aliphatic carbocycles. The van der Waals surface area contributed by atoms with Crippen LogP contribution in [0.2, 0.25) is 0 Å². The van der Waals surface area contributed by atoms with Crippen molar-refractivity contribution in [1.82, 2.24) is 9.78 Å². The number of esters is 1. The molecular weight excluding hydrogens is 421 g/mol. The molecule has 0 fully saturated rings. The van der Waals surface area contributed by atoms with Gasteiger partial charge in [0.05, 0.1) is 24.7 Å². The Kier molecular flexibility index (Phi) is 6.70. The van der Waals surface area contributed by atoms with E-state index in [9.17, 15) is 4.79 Å². The first-order chi connectivity index (χ1) is 16.0. The molecule has 4 rings (SSSR count). The third-order valence-corrected chi connectivity index (χ3v) is 5.52. The molecule has 170 valence electrons. The third-order valence-electron chi connectivity index (χ3n) is 5.52. The van der Waals surface area contributed by atoms with Crippen LogP contribution in [0.5, 0.6) is 5.75 Å². The first kappa shape index (κ1) is 22.5. The summed E-state index contributed by atoms with van der Waals surface area (Å²) in [6, 6.07) is 16.5. The minimum absolute atomic E-state index is 0.121. The molecule has 0 bridgehead atoms. The van der Waals surface area contributed by atoms with Crippen LogP contribution in [-0.4, -0.2) is 22.4 Å². The normalized spacial score (nSPS) is 11.0.